The van der Waals surface area contributed by atoms with Gasteiger partial charge in [-0.1, -0.05) is 24.3 Å². The fraction of sp³-hybridized carbons (Fsp3) is 0.125. The molecule has 0 saturated heterocycles. The number of benzene rings is 2. The fourth-order valence-electron chi connectivity index (χ4n) is 2.35. The van der Waals surface area contributed by atoms with Crippen LogP contribution in [-0.4, -0.2) is 31.5 Å². The molecule has 1 aromatic heterocycles. The van der Waals surface area contributed by atoms with E-state index in [0.29, 0.717) is 23.5 Å². The number of carbonyl (C=O) groups excluding carboxylic acids is 1. The molecule has 9 nitrogen and oxygen atoms in total. The Bertz CT molecular complexity index is 906. The van der Waals surface area contributed by atoms with Crippen molar-refractivity contribution in [1.82, 2.24) is 25.9 Å². The van der Waals surface area contributed by atoms with Gasteiger partial charge >= 0.3 is 0 Å². The maximum atomic E-state index is 12.3. The summed E-state index contributed by atoms with van der Waals surface area (Å²) in [7, 11) is 0. The molecule has 0 aliphatic carbocycles. The number of nitro benzene ring substituents is 1. The summed E-state index contributed by atoms with van der Waals surface area (Å²) < 4.78 is 0. The lowest BCUT2D eigenvalue weighted by Gasteiger charge is -2.08. The summed E-state index contributed by atoms with van der Waals surface area (Å²) in [5.74, 6) is 0.215. The second-order valence-corrected chi connectivity index (χ2v) is 5.37. The van der Waals surface area contributed by atoms with Crippen LogP contribution in [0.3, 0.4) is 0 Å². The van der Waals surface area contributed by atoms with Crippen LogP contribution in [0, 0.1) is 17.0 Å². The minimum absolute atomic E-state index is 0.0360. The number of tetrazole rings is 1. The number of hydrogen-bond donors (Lipinski definition) is 2. The molecule has 0 aliphatic rings. The van der Waals surface area contributed by atoms with Crippen LogP contribution >= 0.6 is 0 Å². The van der Waals surface area contributed by atoms with Gasteiger partial charge < -0.3 is 5.32 Å². The zero-order valence-electron chi connectivity index (χ0n) is 13.3. The largest absolute Gasteiger partial charge is 0.348 e. The van der Waals surface area contributed by atoms with Gasteiger partial charge in [0, 0.05) is 29.8 Å². The van der Waals surface area contributed by atoms with Gasteiger partial charge in [-0.25, -0.2) is 0 Å². The summed E-state index contributed by atoms with van der Waals surface area (Å²) in [5.41, 5.74) is 2.65. The zero-order chi connectivity index (χ0) is 17.8. The van der Waals surface area contributed by atoms with Crippen molar-refractivity contribution in [3.63, 3.8) is 0 Å². The number of non-ortho nitro benzene ring substituents is 1. The van der Waals surface area contributed by atoms with Crippen LogP contribution < -0.4 is 5.32 Å². The first-order chi connectivity index (χ1) is 12.0. The van der Waals surface area contributed by atoms with Gasteiger partial charge in [-0.05, 0) is 29.3 Å². The molecule has 0 fully saturated rings. The number of hydrogen-bond acceptors (Lipinski definition) is 6. The van der Waals surface area contributed by atoms with Gasteiger partial charge in [-0.2, -0.15) is 5.21 Å². The maximum absolute atomic E-state index is 12.3. The van der Waals surface area contributed by atoms with E-state index in [4.69, 9.17) is 0 Å². The minimum Gasteiger partial charge on any atom is -0.348 e. The third-order valence-electron chi connectivity index (χ3n) is 3.68. The molecule has 3 rings (SSSR count). The van der Waals surface area contributed by atoms with Crippen molar-refractivity contribution < 1.29 is 9.72 Å². The number of carbonyl (C=O) groups is 1. The van der Waals surface area contributed by atoms with E-state index in [9.17, 15) is 14.9 Å². The molecule has 0 radical (unpaired) electrons. The van der Waals surface area contributed by atoms with Crippen LogP contribution in [-0.2, 0) is 6.54 Å². The average molecular weight is 338 g/mol. The van der Waals surface area contributed by atoms with Crippen LogP contribution in [0.4, 0.5) is 5.69 Å². The van der Waals surface area contributed by atoms with Gasteiger partial charge in [-0.3, -0.25) is 14.9 Å². The van der Waals surface area contributed by atoms with E-state index < -0.39 is 4.92 Å². The quantitative estimate of drug-likeness (QED) is 0.541. The topological polar surface area (TPSA) is 127 Å². The van der Waals surface area contributed by atoms with E-state index in [1.54, 1.807) is 6.92 Å². The number of rotatable bonds is 5. The Hall–Kier alpha value is -3.62. The van der Waals surface area contributed by atoms with Crippen molar-refractivity contribution in [1.29, 1.82) is 0 Å². The number of aromatic amines is 1. The van der Waals surface area contributed by atoms with Crippen molar-refractivity contribution in [2.75, 3.05) is 0 Å². The highest BCUT2D eigenvalue weighted by molar-refractivity contribution is 5.95. The molecule has 0 atom stereocenters. The highest BCUT2D eigenvalue weighted by Crippen LogP contribution is 2.17. The van der Waals surface area contributed by atoms with E-state index in [0.717, 1.165) is 11.1 Å². The van der Waals surface area contributed by atoms with Crippen molar-refractivity contribution >= 4 is 11.6 Å². The number of amides is 1. The molecule has 1 heterocycles. The first-order valence-corrected chi connectivity index (χ1v) is 7.40. The van der Waals surface area contributed by atoms with E-state index in [1.807, 2.05) is 24.3 Å². The van der Waals surface area contributed by atoms with Crippen LogP contribution in [0.1, 0.15) is 21.5 Å². The van der Waals surface area contributed by atoms with Crippen molar-refractivity contribution in [3.05, 3.63) is 69.3 Å². The molecular weight excluding hydrogens is 324 g/mol. The van der Waals surface area contributed by atoms with Crippen molar-refractivity contribution in [2.45, 2.75) is 13.5 Å². The third-order valence-corrected chi connectivity index (χ3v) is 3.68. The first kappa shape index (κ1) is 16.2. The highest BCUT2D eigenvalue weighted by atomic mass is 16.6. The molecule has 0 saturated carbocycles. The Morgan fingerprint density at radius 1 is 1.24 bits per heavy atom. The van der Waals surface area contributed by atoms with Gasteiger partial charge in [0.15, 0.2) is 0 Å². The summed E-state index contributed by atoms with van der Waals surface area (Å²) in [6.45, 7) is 2.00. The molecule has 25 heavy (non-hydrogen) atoms. The van der Waals surface area contributed by atoms with E-state index >= 15 is 0 Å². The molecule has 2 N–H and O–H groups in total. The Balaban J connectivity index is 1.65. The Morgan fingerprint density at radius 3 is 2.60 bits per heavy atom. The predicted molar refractivity (Wildman–Crippen MR) is 88.6 cm³/mol. The molecule has 0 spiro atoms. The molecule has 0 unspecified atom stereocenters. The summed E-state index contributed by atoms with van der Waals surface area (Å²) in [6, 6.07) is 11.6. The zero-order valence-corrected chi connectivity index (χ0v) is 13.3. The summed E-state index contributed by atoms with van der Waals surface area (Å²) in [5, 5.41) is 27.2. The SMILES string of the molecule is Cc1cc([N+](=O)[O-])ccc1C(=O)NCc1ccc(-c2nn[nH]n2)cc1. The van der Waals surface area contributed by atoms with Gasteiger partial charge in [0.1, 0.15) is 0 Å². The molecule has 3 aromatic rings. The highest BCUT2D eigenvalue weighted by Gasteiger charge is 2.13. The monoisotopic (exact) mass is 338 g/mol. The molecular formula is C16H14N6O3. The third kappa shape index (κ3) is 3.66. The van der Waals surface area contributed by atoms with Gasteiger partial charge in [0.05, 0.1) is 4.92 Å². The fourth-order valence-corrected chi connectivity index (χ4v) is 2.35. The molecule has 9 heteroatoms. The van der Waals surface area contributed by atoms with Gasteiger partial charge in [0.25, 0.3) is 11.6 Å². The predicted octanol–water partition coefficient (Wildman–Crippen LogP) is 2.01. The van der Waals surface area contributed by atoms with Crippen molar-refractivity contribution in [3.8, 4) is 11.4 Å². The van der Waals surface area contributed by atoms with Crippen LogP contribution in [0.5, 0.6) is 0 Å². The van der Waals surface area contributed by atoms with Crippen LogP contribution in [0.25, 0.3) is 11.4 Å². The number of nitro groups is 1. The number of aromatic nitrogens is 4. The minimum atomic E-state index is -0.486. The molecule has 0 bridgehead atoms. The summed E-state index contributed by atoms with van der Waals surface area (Å²) in [6.07, 6.45) is 0. The summed E-state index contributed by atoms with van der Waals surface area (Å²) in [4.78, 5) is 22.5. The van der Waals surface area contributed by atoms with Crippen LogP contribution in [0.2, 0.25) is 0 Å². The Kier molecular flexibility index (Phi) is 4.46. The molecule has 1 amide bonds. The van der Waals surface area contributed by atoms with E-state index in [2.05, 4.69) is 25.9 Å². The van der Waals surface area contributed by atoms with E-state index in [1.165, 1.54) is 18.2 Å². The lowest BCUT2D eigenvalue weighted by Crippen LogP contribution is -2.23. The second kappa shape index (κ2) is 6.87. The second-order valence-electron chi connectivity index (χ2n) is 5.37. The standard InChI is InChI=1S/C16H14N6O3/c1-10-8-13(22(24)25)6-7-14(10)16(23)17-9-11-2-4-12(5-3-11)15-18-20-21-19-15/h2-8H,9H2,1H3,(H,17,23)(H,18,19,20,21). The Morgan fingerprint density at radius 2 is 2.00 bits per heavy atom. The average Bonchev–Trinajstić information content (AvgIpc) is 3.14. The molecule has 0 aliphatic heterocycles. The normalized spacial score (nSPS) is 10.4. The first-order valence-electron chi connectivity index (χ1n) is 7.40. The molecule has 126 valence electrons. The molecule has 2 aromatic carbocycles. The Labute approximate surface area is 142 Å². The number of H-pyrrole nitrogens is 1. The smallest absolute Gasteiger partial charge is 0.269 e. The maximum Gasteiger partial charge on any atom is 0.269 e. The van der Waals surface area contributed by atoms with Crippen LogP contribution in [0.15, 0.2) is 42.5 Å². The number of aryl methyl sites for hydroxylation is 1. The van der Waals surface area contributed by atoms with Gasteiger partial charge in [0.2, 0.25) is 5.82 Å². The van der Waals surface area contributed by atoms with Gasteiger partial charge in [-0.15, -0.1) is 10.2 Å². The number of nitrogens with zero attached hydrogens (tertiary/aromatic N) is 4. The lowest BCUT2D eigenvalue weighted by atomic mass is 10.1. The lowest BCUT2D eigenvalue weighted by molar-refractivity contribution is -0.384. The number of nitrogens with one attached hydrogen (secondary N) is 2. The van der Waals surface area contributed by atoms with Crippen molar-refractivity contribution in [2.24, 2.45) is 0 Å². The van der Waals surface area contributed by atoms with E-state index in [-0.39, 0.29) is 11.6 Å². The summed E-state index contributed by atoms with van der Waals surface area (Å²) >= 11 is 0.